The van der Waals surface area contributed by atoms with Crippen LogP contribution in [0.5, 0.6) is 5.75 Å². The third-order valence-corrected chi connectivity index (χ3v) is 4.55. The number of hydrogen-bond acceptors (Lipinski definition) is 3. The maximum Gasteiger partial charge on any atom is 0.225 e. The van der Waals surface area contributed by atoms with Crippen molar-refractivity contribution in [2.24, 2.45) is 11.7 Å². The number of nitrogens with zero attached hydrogens (tertiary/aromatic N) is 1. The number of carbonyl (C=O) groups excluding carboxylic acids is 1. The number of hydrogen-bond donors (Lipinski definition) is 1. The van der Waals surface area contributed by atoms with Gasteiger partial charge < -0.3 is 15.4 Å². The summed E-state index contributed by atoms with van der Waals surface area (Å²) >= 11 is 0. The van der Waals surface area contributed by atoms with Crippen molar-refractivity contribution in [2.75, 3.05) is 19.7 Å². The molecule has 122 valence electrons. The monoisotopic (exact) mass is 304 g/mol. The second kappa shape index (κ2) is 7.63. The number of rotatable bonds is 5. The van der Waals surface area contributed by atoms with Gasteiger partial charge in [-0.2, -0.15) is 0 Å². The molecule has 4 nitrogen and oxygen atoms in total. The second-order valence-electron chi connectivity index (χ2n) is 6.44. The van der Waals surface area contributed by atoms with E-state index in [1.54, 1.807) is 0 Å². The summed E-state index contributed by atoms with van der Waals surface area (Å²) in [5, 5.41) is 0. The summed E-state index contributed by atoms with van der Waals surface area (Å²) in [5.41, 5.74) is 8.21. The van der Waals surface area contributed by atoms with Crippen LogP contribution in [0.3, 0.4) is 0 Å². The Kier molecular flexibility index (Phi) is 5.83. The van der Waals surface area contributed by atoms with E-state index in [1.165, 1.54) is 5.56 Å². The van der Waals surface area contributed by atoms with Gasteiger partial charge in [0.1, 0.15) is 5.75 Å². The molecular formula is C18H28N2O2. The molecule has 1 aromatic rings. The lowest BCUT2D eigenvalue weighted by Crippen LogP contribution is -2.42. The molecule has 2 rings (SSSR count). The SMILES string of the molecule is Cc1ccc(C)c(OCCC(=O)N2CCC(C(C)N)CC2)c1. The Balaban J connectivity index is 1.75. The molecule has 0 saturated carbocycles. The minimum atomic E-state index is 0.188. The van der Waals surface area contributed by atoms with E-state index in [0.717, 1.165) is 37.2 Å². The lowest BCUT2D eigenvalue weighted by atomic mass is 9.91. The molecule has 1 heterocycles. The first-order valence-electron chi connectivity index (χ1n) is 8.21. The molecule has 1 aliphatic heterocycles. The quantitative estimate of drug-likeness (QED) is 0.910. The van der Waals surface area contributed by atoms with Gasteiger partial charge in [0.25, 0.3) is 0 Å². The van der Waals surface area contributed by atoms with Crippen molar-refractivity contribution in [3.05, 3.63) is 29.3 Å². The van der Waals surface area contributed by atoms with Gasteiger partial charge in [0.05, 0.1) is 13.0 Å². The maximum atomic E-state index is 12.2. The zero-order valence-electron chi connectivity index (χ0n) is 14.0. The molecule has 0 aromatic heterocycles. The molecule has 0 spiro atoms. The third-order valence-electron chi connectivity index (χ3n) is 4.55. The van der Waals surface area contributed by atoms with Gasteiger partial charge in [-0.15, -0.1) is 0 Å². The van der Waals surface area contributed by atoms with Crippen LogP contribution in [0.15, 0.2) is 18.2 Å². The molecule has 1 aromatic carbocycles. The van der Waals surface area contributed by atoms with Gasteiger partial charge in [-0.25, -0.2) is 0 Å². The van der Waals surface area contributed by atoms with Gasteiger partial charge >= 0.3 is 0 Å². The van der Waals surface area contributed by atoms with Crippen molar-refractivity contribution in [3.8, 4) is 5.75 Å². The van der Waals surface area contributed by atoms with Gasteiger partial charge in [0.15, 0.2) is 0 Å². The van der Waals surface area contributed by atoms with Gasteiger partial charge in [-0.3, -0.25) is 4.79 Å². The molecule has 0 bridgehead atoms. The summed E-state index contributed by atoms with van der Waals surface area (Å²) in [7, 11) is 0. The standard InChI is InChI=1S/C18H28N2O2/c1-13-4-5-14(2)17(12-13)22-11-8-18(21)20-9-6-16(7-10-20)15(3)19/h4-5,12,15-16H,6-11,19H2,1-3H3. The van der Waals surface area contributed by atoms with E-state index in [1.807, 2.05) is 30.9 Å². The average molecular weight is 304 g/mol. The fourth-order valence-corrected chi connectivity index (χ4v) is 2.94. The highest BCUT2D eigenvalue weighted by atomic mass is 16.5. The van der Waals surface area contributed by atoms with Crippen LogP contribution in [0.1, 0.15) is 37.3 Å². The summed E-state index contributed by atoms with van der Waals surface area (Å²) in [6, 6.07) is 6.36. The summed E-state index contributed by atoms with van der Waals surface area (Å²) < 4.78 is 5.77. The third kappa shape index (κ3) is 4.47. The lowest BCUT2D eigenvalue weighted by molar-refractivity contribution is -0.133. The highest BCUT2D eigenvalue weighted by molar-refractivity contribution is 5.76. The number of nitrogens with two attached hydrogens (primary N) is 1. The molecule has 1 fully saturated rings. The van der Waals surface area contributed by atoms with Gasteiger partial charge in [0, 0.05) is 19.1 Å². The Morgan fingerprint density at radius 1 is 1.36 bits per heavy atom. The van der Waals surface area contributed by atoms with Gasteiger partial charge in [-0.05, 0) is 56.7 Å². The van der Waals surface area contributed by atoms with Crippen LogP contribution in [0.2, 0.25) is 0 Å². The lowest BCUT2D eigenvalue weighted by Gasteiger charge is -2.33. The fourth-order valence-electron chi connectivity index (χ4n) is 2.94. The molecule has 1 amide bonds. The first-order chi connectivity index (χ1) is 10.5. The molecule has 1 unspecified atom stereocenters. The van der Waals surface area contributed by atoms with Crippen molar-refractivity contribution in [3.63, 3.8) is 0 Å². The van der Waals surface area contributed by atoms with Crippen molar-refractivity contribution in [2.45, 2.75) is 46.1 Å². The van der Waals surface area contributed by atoms with Crippen molar-refractivity contribution < 1.29 is 9.53 Å². The first-order valence-corrected chi connectivity index (χ1v) is 8.21. The Bertz CT molecular complexity index is 506. The number of benzene rings is 1. The van der Waals surface area contributed by atoms with Crippen LogP contribution in [-0.2, 0) is 4.79 Å². The second-order valence-corrected chi connectivity index (χ2v) is 6.44. The Hall–Kier alpha value is -1.55. The van der Waals surface area contributed by atoms with Crippen molar-refractivity contribution in [1.29, 1.82) is 0 Å². The predicted octanol–water partition coefficient (Wildman–Crippen LogP) is 2.66. The highest BCUT2D eigenvalue weighted by Crippen LogP contribution is 2.21. The number of piperidine rings is 1. The van der Waals surface area contributed by atoms with Crippen LogP contribution in [0, 0.1) is 19.8 Å². The van der Waals surface area contributed by atoms with E-state index >= 15 is 0 Å². The zero-order chi connectivity index (χ0) is 16.1. The zero-order valence-corrected chi connectivity index (χ0v) is 14.0. The first kappa shape index (κ1) is 16.8. The predicted molar refractivity (Wildman–Crippen MR) is 89.0 cm³/mol. The number of likely N-dealkylation sites (tertiary alicyclic amines) is 1. The van der Waals surface area contributed by atoms with E-state index < -0.39 is 0 Å². The van der Waals surface area contributed by atoms with E-state index in [4.69, 9.17) is 10.5 Å². The molecule has 1 saturated heterocycles. The maximum absolute atomic E-state index is 12.2. The molecule has 1 aliphatic rings. The highest BCUT2D eigenvalue weighted by Gasteiger charge is 2.24. The van der Waals surface area contributed by atoms with E-state index in [9.17, 15) is 4.79 Å². The normalized spacial score (nSPS) is 17.4. The Morgan fingerprint density at radius 2 is 2.05 bits per heavy atom. The van der Waals surface area contributed by atoms with Crippen LogP contribution < -0.4 is 10.5 Å². The van der Waals surface area contributed by atoms with Crippen molar-refractivity contribution >= 4 is 5.91 Å². The van der Waals surface area contributed by atoms with Gasteiger partial charge in [0.2, 0.25) is 5.91 Å². The van der Waals surface area contributed by atoms with E-state index in [-0.39, 0.29) is 11.9 Å². The van der Waals surface area contributed by atoms with Crippen LogP contribution in [0.4, 0.5) is 0 Å². The molecular weight excluding hydrogens is 276 g/mol. The largest absolute Gasteiger partial charge is 0.493 e. The molecule has 0 radical (unpaired) electrons. The van der Waals surface area contributed by atoms with E-state index in [0.29, 0.717) is 18.9 Å². The molecule has 4 heteroatoms. The van der Waals surface area contributed by atoms with Crippen molar-refractivity contribution in [1.82, 2.24) is 4.90 Å². The number of aryl methyl sites for hydroxylation is 2. The smallest absolute Gasteiger partial charge is 0.225 e. The molecule has 0 aliphatic carbocycles. The summed E-state index contributed by atoms with van der Waals surface area (Å²) in [6.45, 7) is 8.22. The van der Waals surface area contributed by atoms with Crippen LogP contribution in [-0.4, -0.2) is 36.5 Å². The number of amides is 1. The number of ether oxygens (including phenoxy) is 1. The van der Waals surface area contributed by atoms with Crippen LogP contribution in [0.25, 0.3) is 0 Å². The Morgan fingerprint density at radius 3 is 2.68 bits per heavy atom. The number of carbonyl (C=O) groups is 1. The van der Waals surface area contributed by atoms with Crippen LogP contribution >= 0.6 is 0 Å². The van der Waals surface area contributed by atoms with E-state index in [2.05, 4.69) is 13.0 Å². The average Bonchev–Trinajstić information content (AvgIpc) is 2.50. The Labute approximate surface area is 133 Å². The summed E-state index contributed by atoms with van der Waals surface area (Å²) in [4.78, 5) is 14.2. The fraction of sp³-hybridized carbons (Fsp3) is 0.611. The summed E-state index contributed by atoms with van der Waals surface area (Å²) in [6.07, 6.45) is 2.47. The minimum absolute atomic E-state index is 0.188. The summed E-state index contributed by atoms with van der Waals surface area (Å²) in [5.74, 6) is 1.62. The topological polar surface area (TPSA) is 55.6 Å². The molecule has 2 N–H and O–H groups in total. The van der Waals surface area contributed by atoms with Gasteiger partial charge in [-0.1, -0.05) is 12.1 Å². The minimum Gasteiger partial charge on any atom is -0.493 e. The molecule has 22 heavy (non-hydrogen) atoms. The molecule has 1 atom stereocenters.